The second-order valence-corrected chi connectivity index (χ2v) is 4.76. The van der Waals surface area contributed by atoms with Crippen LogP contribution in [-0.4, -0.2) is 18.5 Å². The first-order valence-corrected chi connectivity index (χ1v) is 6.33. The Morgan fingerprint density at radius 1 is 1.28 bits per heavy atom. The van der Waals surface area contributed by atoms with Crippen LogP contribution in [0.2, 0.25) is 0 Å². The van der Waals surface area contributed by atoms with Gasteiger partial charge in [-0.3, -0.25) is 4.79 Å². The molecule has 0 spiro atoms. The Hall–Kier alpha value is -1.06. The number of hydrogen-bond acceptors (Lipinski definition) is 2. The van der Waals surface area contributed by atoms with Crippen molar-refractivity contribution in [3.63, 3.8) is 0 Å². The summed E-state index contributed by atoms with van der Waals surface area (Å²) >= 11 is 0. The van der Waals surface area contributed by atoms with Crippen molar-refractivity contribution in [1.82, 2.24) is 5.32 Å². The maximum Gasteiger partial charge on any atom is 0.233 e. The molecule has 3 nitrogen and oxygen atoms in total. The SMILES string of the molecule is Cl.NCC(=O)NC1CCCC1Cc1ccccc1. The Labute approximate surface area is 115 Å². The molecule has 1 fully saturated rings. The monoisotopic (exact) mass is 268 g/mol. The van der Waals surface area contributed by atoms with Crippen molar-refractivity contribution >= 4 is 18.3 Å². The summed E-state index contributed by atoms with van der Waals surface area (Å²) in [6.07, 6.45) is 4.54. The summed E-state index contributed by atoms with van der Waals surface area (Å²) in [5.41, 5.74) is 6.69. The molecule has 0 radical (unpaired) electrons. The molecule has 1 amide bonds. The fourth-order valence-corrected chi connectivity index (χ4v) is 2.65. The Kier molecular flexibility index (Phi) is 6.16. The molecule has 0 bridgehead atoms. The number of carbonyl (C=O) groups is 1. The van der Waals surface area contributed by atoms with Gasteiger partial charge in [0.1, 0.15) is 0 Å². The van der Waals surface area contributed by atoms with E-state index in [2.05, 4.69) is 29.6 Å². The molecule has 4 heteroatoms. The van der Waals surface area contributed by atoms with Gasteiger partial charge < -0.3 is 11.1 Å². The van der Waals surface area contributed by atoms with E-state index in [0.717, 1.165) is 12.8 Å². The molecule has 0 aliphatic heterocycles. The molecular formula is C14H21ClN2O. The van der Waals surface area contributed by atoms with Crippen molar-refractivity contribution in [2.75, 3.05) is 6.54 Å². The lowest BCUT2D eigenvalue weighted by Crippen LogP contribution is -2.41. The average Bonchev–Trinajstić information content (AvgIpc) is 2.78. The van der Waals surface area contributed by atoms with Gasteiger partial charge in [0.15, 0.2) is 0 Å². The summed E-state index contributed by atoms with van der Waals surface area (Å²) in [4.78, 5) is 11.3. The lowest BCUT2D eigenvalue weighted by atomic mass is 9.94. The maximum absolute atomic E-state index is 11.3. The van der Waals surface area contributed by atoms with Crippen LogP contribution in [0.1, 0.15) is 24.8 Å². The number of amides is 1. The van der Waals surface area contributed by atoms with Crippen LogP contribution < -0.4 is 11.1 Å². The molecule has 1 aliphatic rings. The highest BCUT2D eigenvalue weighted by Gasteiger charge is 2.28. The number of benzene rings is 1. The highest BCUT2D eigenvalue weighted by molar-refractivity contribution is 5.85. The summed E-state index contributed by atoms with van der Waals surface area (Å²) < 4.78 is 0. The lowest BCUT2D eigenvalue weighted by molar-refractivity contribution is -0.120. The fourth-order valence-electron chi connectivity index (χ4n) is 2.65. The Morgan fingerprint density at radius 3 is 2.67 bits per heavy atom. The molecule has 1 aliphatic carbocycles. The smallest absolute Gasteiger partial charge is 0.233 e. The molecule has 2 atom stereocenters. The quantitative estimate of drug-likeness (QED) is 0.876. The summed E-state index contributed by atoms with van der Waals surface area (Å²) in [6, 6.07) is 10.8. The number of carbonyl (C=O) groups excluding carboxylic acids is 1. The molecular weight excluding hydrogens is 248 g/mol. The topological polar surface area (TPSA) is 55.1 Å². The number of nitrogens with two attached hydrogens (primary N) is 1. The molecule has 1 aromatic rings. The first-order valence-electron chi connectivity index (χ1n) is 6.33. The van der Waals surface area contributed by atoms with Crippen molar-refractivity contribution in [2.24, 2.45) is 11.7 Å². The van der Waals surface area contributed by atoms with Crippen molar-refractivity contribution in [3.05, 3.63) is 35.9 Å². The molecule has 1 saturated carbocycles. The number of rotatable bonds is 4. The van der Waals surface area contributed by atoms with Gasteiger partial charge in [-0.25, -0.2) is 0 Å². The van der Waals surface area contributed by atoms with Crippen LogP contribution in [0, 0.1) is 5.92 Å². The molecule has 0 saturated heterocycles. The Balaban J connectivity index is 0.00000162. The third kappa shape index (κ3) is 4.00. The molecule has 2 unspecified atom stereocenters. The highest BCUT2D eigenvalue weighted by Crippen LogP contribution is 2.28. The zero-order valence-electron chi connectivity index (χ0n) is 10.5. The molecule has 3 N–H and O–H groups in total. The van der Waals surface area contributed by atoms with Gasteiger partial charge in [0.05, 0.1) is 6.54 Å². The lowest BCUT2D eigenvalue weighted by Gasteiger charge is -2.20. The molecule has 2 rings (SSSR count). The van der Waals surface area contributed by atoms with E-state index < -0.39 is 0 Å². The van der Waals surface area contributed by atoms with Gasteiger partial charge in [-0.15, -0.1) is 12.4 Å². The number of halogens is 1. The van der Waals surface area contributed by atoms with Crippen LogP contribution >= 0.6 is 12.4 Å². The first kappa shape index (κ1) is 15.0. The summed E-state index contributed by atoms with van der Waals surface area (Å²) in [5, 5.41) is 3.03. The third-order valence-electron chi connectivity index (χ3n) is 3.53. The molecule has 0 heterocycles. The van der Waals surface area contributed by atoms with Gasteiger partial charge in [-0.05, 0) is 30.7 Å². The number of nitrogens with one attached hydrogen (secondary N) is 1. The van der Waals surface area contributed by atoms with Crippen molar-refractivity contribution in [1.29, 1.82) is 0 Å². The standard InChI is InChI=1S/C14H20N2O.ClH/c15-10-14(17)16-13-8-4-7-12(13)9-11-5-2-1-3-6-11;/h1-3,5-6,12-13H,4,7-10,15H2,(H,16,17);1H. The molecule has 18 heavy (non-hydrogen) atoms. The van der Waals surface area contributed by atoms with Gasteiger partial charge in [0.25, 0.3) is 0 Å². The average molecular weight is 269 g/mol. The first-order chi connectivity index (χ1) is 8.29. The minimum Gasteiger partial charge on any atom is -0.352 e. The Bertz CT molecular complexity index is 369. The highest BCUT2D eigenvalue weighted by atomic mass is 35.5. The zero-order valence-corrected chi connectivity index (χ0v) is 11.3. The van der Waals surface area contributed by atoms with Gasteiger partial charge in [-0.2, -0.15) is 0 Å². The van der Waals surface area contributed by atoms with Crippen LogP contribution in [-0.2, 0) is 11.2 Å². The van der Waals surface area contributed by atoms with Crippen LogP contribution in [0.3, 0.4) is 0 Å². The van der Waals surface area contributed by atoms with Crippen LogP contribution in [0.5, 0.6) is 0 Å². The second kappa shape index (κ2) is 7.39. The van der Waals surface area contributed by atoms with Gasteiger partial charge in [-0.1, -0.05) is 36.8 Å². The van der Waals surface area contributed by atoms with Crippen LogP contribution in [0.25, 0.3) is 0 Å². The minimum absolute atomic E-state index is 0. The largest absolute Gasteiger partial charge is 0.352 e. The Morgan fingerprint density at radius 2 is 2.00 bits per heavy atom. The molecule has 100 valence electrons. The van der Waals surface area contributed by atoms with Gasteiger partial charge >= 0.3 is 0 Å². The summed E-state index contributed by atoms with van der Waals surface area (Å²) in [7, 11) is 0. The third-order valence-corrected chi connectivity index (χ3v) is 3.53. The van der Waals surface area contributed by atoms with Gasteiger partial charge in [0.2, 0.25) is 5.91 Å². The fraction of sp³-hybridized carbons (Fsp3) is 0.500. The van der Waals surface area contributed by atoms with E-state index in [0.29, 0.717) is 12.0 Å². The van der Waals surface area contributed by atoms with Crippen molar-refractivity contribution < 1.29 is 4.79 Å². The molecule has 1 aromatic carbocycles. The minimum atomic E-state index is -0.0324. The second-order valence-electron chi connectivity index (χ2n) is 4.76. The van der Waals surface area contributed by atoms with Crippen molar-refractivity contribution in [2.45, 2.75) is 31.7 Å². The van der Waals surface area contributed by atoms with E-state index in [1.807, 2.05) is 6.07 Å². The van der Waals surface area contributed by atoms with E-state index >= 15 is 0 Å². The predicted octanol–water partition coefficient (Wildman–Crippen LogP) is 1.89. The van der Waals surface area contributed by atoms with E-state index in [1.54, 1.807) is 0 Å². The van der Waals surface area contributed by atoms with E-state index in [4.69, 9.17) is 5.73 Å². The number of hydrogen-bond donors (Lipinski definition) is 2. The summed E-state index contributed by atoms with van der Waals surface area (Å²) in [5.74, 6) is 0.530. The van der Waals surface area contributed by atoms with Crippen LogP contribution in [0.15, 0.2) is 30.3 Å². The van der Waals surface area contributed by atoms with Gasteiger partial charge in [0, 0.05) is 6.04 Å². The van der Waals surface area contributed by atoms with E-state index in [-0.39, 0.29) is 24.9 Å². The van der Waals surface area contributed by atoms with Crippen molar-refractivity contribution in [3.8, 4) is 0 Å². The van der Waals surface area contributed by atoms with E-state index in [9.17, 15) is 4.79 Å². The summed E-state index contributed by atoms with van der Waals surface area (Å²) in [6.45, 7) is 0.0918. The molecule has 0 aromatic heterocycles. The normalized spacial score (nSPS) is 22.3. The predicted molar refractivity (Wildman–Crippen MR) is 75.7 cm³/mol. The maximum atomic E-state index is 11.3. The zero-order chi connectivity index (χ0) is 12.1. The van der Waals surface area contributed by atoms with Crippen LogP contribution in [0.4, 0.5) is 0 Å². The van der Waals surface area contributed by atoms with E-state index in [1.165, 1.54) is 18.4 Å².